The smallest absolute Gasteiger partial charge is 0.143 e. The molecular formula is C14H17NO3. The van der Waals surface area contributed by atoms with Crippen molar-refractivity contribution >= 4 is 6.29 Å². The number of likely N-dealkylation sites (N-methyl/N-ethyl adjacent to an activating group) is 1. The van der Waals surface area contributed by atoms with Crippen LogP contribution in [0, 0.1) is 0 Å². The van der Waals surface area contributed by atoms with Crippen molar-refractivity contribution in [2.45, 2.75) is 18.6 Å². The monoisotopic (exact) mass is 247 g/mol. The number of hydroxylamine groups is 2. The molecule has 2 rings (SSSR count). The van der Waals surface area contributed by atoms with E-state index in [1.807, 2.05) is 36.4 Å². The molecule has 1 aliphatic heterocycles. The molecule has 0 saturated carbocycles. The molecule has 2 unspecified atom stereocenters. The van der Waals surface area contributed by atoms with Crippen LogP contribution in [0.4, 0.5) is 0 Å². The number of hydrogen-bond acceptors (Lipinski definition) is 4. The van der Waals surface area contributed by atoms with E-state index in [1.54, 1.807) is 19.2 Å². The summed E-state index contributed by atoms with van der Waals surface area (Å²) in [5.41, 5.74) is 1.14. The molecule has 0 aliphatic carbocycles. The normalized spacial score (nSPS) is 23.9. The largest absolute Gasteiger partial charge is 0.497 e. The average molecular weight is 247 g/mol. The minimum absolute atomic E-state index is 0.0432. The van der Waals surface area contributed by atoms with Gasteiger partial charge in [-0.3, -0.25) is 4.84 Å². The van der Waals surface area contributed by atoms with Crippen molar-refractivity contribution in [1.82, 2.24) is 5.06 Å². The number of aldehydes is 1. The van der Waals surface area contributed by atoms with Gasteiger partial charge < -0.3 is 9.53 Å². The summed E-state index contributed by atoms with van der Waals surface area (Å²) in [5, 5.41) is 1.58. The van der Waals surface area contributed by atoms with Crippen LogP contribution in [-0.2, 0) is 16.1 Å². The molecule has 1 aromatic rings. The predicted octanol–water partition coefficient (Wildman–Crippen LogP) is 1.61. The van der Waals surface area contributed by atoms with Gasteiger partial charge in [-0.25, -0.2) is 0 Å². The van der Waals surface area contributed by atoms with Crippen molar-refractivity contribution in [3.8, 4) is 5.75 Å². The zero-order chi connectivity index (χ0) is 13.0. The van der Waals surface area contributed by atoms with E-state index < -0.39 is 0 Å². The first-order valence-corrected chi connectivity index (χ1v) is 5.89. The summed E-state index contributed by atoms with van der Waals surface area (Å²) in [4.78, 5) is 16.4. The Bertz CT molecular complexity index is 444. The van der Waals surface area contributed by atoms with E-state index in [-0.39, 0.29) is 12.1 Å². The van der Waals surface area contributed by atoms with Gasteiger partial charge in [0.2, 0.25) is 0 Å². The van der Waals surface area contributed by atoms with Crippen molar-refractivity contribution < 1.29 is 14.4 Å². The Morgan fingerprint density at radius 2 is 2.28 bits per heavy atom. The number of nitrogens with zero attached hydrogens (tertiary/aromatic N) is 1. The molecule has 1 heterocycles. The molecule has 0 amide bonds. The molecule has 18 heavy (non-hydrogen) atoms. The Kier molecular flexibility index (Phi) is 4.12. The van der Waals surface area contributed by atoms with Crippen molar-refractivity contribution in [2.75, 3.05) is 14.2 Å². The fourth-order valence-electron chi connectivity index (χ4n) is 1.95. The van der Waals surface area contributed by atoms with Crippen molar-refractivity contribution in [1.29, 1.82) is 0 Å². The fourth-order valence-corrected chi connectivity index (χ4v) is 1.95. The maximum atomic E-state index is 10.7. The maximum absolute atomic E-state index is 10.7. The Hall–Kier alpha value is -1.65. The fraction of sp³-hybridized carbons (Fsp3) is 0.357. The second-order valence-electron chi connectivity index (χ2n) is 4.26. The molecule has 0 N–H and O–H groups in total. The van der Waals surface area contributed by atoms with E-state index in [4.69, 9.17) is 9.57 Å². The topological polar surface area (TPSA) is 38.8 Å². The summed E-state index contributed by atoms with van der Waals surface area (Å²) in [7, 11) is 3.42. The Morgan fingerprint density at radius 1 is 1.44 bits per heavy atom. The average Bonchev–Trinajstić information content (AvgIpc) is 2.39. The van der Waals surface area contributed by atoms with Crippen LogP contribution in [0.5, 0.6) is 5.75 Å². The zero-order valence-corrected chi connectivity index (χ0v) is 10.6. The number of benzene rings is 1. The molecule has 4 heteroatoms. The highest BCUT2D eigenvalue weighted by atomic mass is 16.7. The van der Waals surface area contributed by atoms with E-state index in [1.165, 1.54) is 0 Å². The van der Waals surface area contributed by atoms with Gasteiger partial charge in [0, 0.05) is 13.5 Å². The summed E-state index contributed by atoms with van der Waals surface area (Å²) < 4.78 is 5.18. The molecule has 0 fully saturated rings. The zero-order valence-electron chi connectivity index (χ0n) is 10.6. The molecule has 1 aliphatic rings. The molecule has 0 spiro atoms. The number of ether oxygens (including phenoxy) is 1. The van der Waals surface area contributed by atoms with Crippen LogP contribution < -0.4 is 4.74 Å². The number of rotatable bonds is 4. The first-order valence-electron chi connectivity index (χ1n) is 5.89. The molecular weight excluding hydrogens is 230 g/mol. The second kappa shape index (κ2) is 5.80. The lowest BCUT2D eigenvalue weighted by Gasteiger charge is -2.29. The number of carbonyl (C=O) groups is 1. The van der Waals surface area contributed by atoms with Gasteiger partial charge in [0.25, 0.3) is 0 Å². The first-order chi connectivity index (χ1) is 8.72. The van der Waals surface area contributed by atoms with Gasteiger partial charge in [0.05, 0.1) is 7.11 Å². The summed E-state index contributed by atoms with van der Waals surface area (Å²) in [6.07, 6.45) is 5.36. The molecule has 96 valence electrons. The summed E-state index contributed by atoms with van der Waals surface area (Å²) in [6, 6.07) is 7.61. The molecule has 0 radical (unpaired) electrons. The highest BCUT2D eigenvalue weighted by Crippen LogP contribution is 2.18. The SMILES string of the molecule is COc1cccc(CC2C=CC(C=O)N(C)O2)c1. The van der Waals surface area contributed by atoms with E-state index in [0.29, 0.717) is 0 Å². The summed E-state index contributed by atoms with van der Waals surface area (Å²) in [6.45, 7) is 0. The van der Waals surface area contributed by atoms with Gasteiger partial charge in [0.15, 0.2) is 0 Å². The second-order valence-corrected chi connectivity index (χ2v) is 4.26. The van der Waals surface area contributed by atoms with Crippen LogP contribution in [0.3, 0.4) is 0 Å². The van der Waals surface area contributed by atoms with Gasteiger partial charge in [-0.1, -0.05) is 24.3 Å². The Labute approximate surface area is 107 Å². The minimum Gasteiger partial charge on any atom is -0.497 e. The third-order valence-electron chi connectivity index (χ3n) is 2.95. The molecule has 2 atom stereocenters. The van der Waals surface area contributed by atoms with E-state index in [0.717, 1.165) is 24.0 Å². The van der Waals surface area contributed by atoms with Gasteiger partial charge >= 0.3 is 0 Å². The van der Waals surface area contributed by atoms with E-state index in [2.05, 4.69) is 0 Å². The Morgan fingerprint density at radius 3 is 2.94 bits per heavy atom. The molecule has 0 saturated heterocycles. The van der Waals surface area contributed by atoms with Crippen molar-refractivity contribution in [3.05, 3.63) is 42.0 Å². The maximum Gasteiger partial charge on any atom is 0.143 e. The van der Waals surface area contributed by atoms with Crippen LogP contribution in [-0.4, -0.2) is 37.7 Å². The lowest BCUT2D eigenvalue weighted by atomic mass is 10.1. The van der Waals surface area contributed by atoms with Gasteiger partial charge in [0.1, 0.15) is 24.2 Å². The number of methoxy groups -OCH3 is 1. The van der Waals surface area contributed by atoms with Gasteiger partial charge in [-0.05, 0) is 17.7 Å². The quantitative estimate of drug-likeness (QED) is 0.598. The van der Waals surface area contributed by atoms with Crippen LogP contribution in [0.15, 0.2) is 36.4 Å². The molecule has 0 aromatic heterocycles. The number of carbonyl (C=O) groups excluding carboxylic acids is 1. The lowest BCUT2D eigenvalue weighted by molar-refractivity contribution is -0.187. The van der Waals surface area contributed by atoms with Gasteiger partial charge in [-0.15, -0.1) is 0 Å². The van der Waals surface area contributed by atoms with Crippen LogP contribution >= 0.6 is 0 Å². The predicted molar refractivity (Wildman–Crippen MR) is 68.3 cm³/mol. The third kappa shape index (κ3) is 2.97. The van der Waals surface area contributed by atoms with Crippen molar-refractivity contribution in [2.24, 2.45) is 0 Å². The molecule has 0 bridgehead atoms. The highest BCUT2D eigenvalue weighted by Gasteiger charge is 2.21. The molecule has 1 aromatic carbocycles. The lowest BCUT2D eigenvalue weighted by Crippen LogP contribution is -2.39. The highest BCUT2D eigenvalue weighted by molar-refractivity contribution is 5.60. The summed E-state index contributed by atoms with van der Waals surface area (Å²) in [5.74, 6) is 0.839. The van der Waals surface area contributed by atoms with Crippen LogP contribution in [0.25, 0.3) is 0 Å². The number of hydrogen-bond donors (Lipinski definition) is 0. The Balaban J connectivity index is 2.04. The van der Waals surface area contributed by atoms with E-state index >= 15 is 0 Å². The van der Waals surface area contributed by atoms with Gasteiger partial charge in [-0.2, -0.15) is 5.06 Å². The molecule has 4 nitrogen and oxygen atoms in total. The van der Waals surface area contributed by atoms with E-state index in [9.17, 15) is 4.79 Å². The minimum atomic E-state index is -0.286. The third-order valence-corrected chi connectivity index (χ3v) is 2.95. The van der Waals surface area contributed by atoms with Crippen LogP contribution in [0.2, 0.25) is 0 Å². The van der Waals surface area contributed by atoms with Crippen LogP contribution in [0.1, 0.15) is 5.56 Å². The standard InChI is InChI=1S/C14H17NO3/c1-15-12(10-16)6-7-14(18-15)9-11-4-3-5-13(8-11)17-2/h3-8,10,12,14H,9H2,1-2H3. The summed E-state index contributed by atoms with van der Waals surface area (Å²) >= 11 is 0. The van der Waals surface area contributed by atoms with Crippen molar-refractivity contribution in [3.63, 3.8) is 0 Å². The first kappa shape index (κ1) is 12.8.